The smallest absolute Gasteiger partial charge is 0.319 e. The van der Waals surface area contributed by atoms with Crippen molar-refractivity contribution < 1.29 is 14.4 Å². The van der Waals surface area contributed by atoms with Gasteiger partial charge >= 0.3 is 6.03 Å². The Morgan fingerprint density at radius 3 is 2.23 bits per heavy atom. The van der Waals surface area contributed by atoms with Crippen LogP contribution in [0.15, 0.2) is 54.6 Å². The fourth-order valence-electron chi connectivity index (χ4n) is 3.60. The second-order valence-electron chi connectivity index (χ2n) is 7.59. The van der Waals surface area contributed by atoms with E-state index in [9.17, 15) is 14.4 Å². The van der Waals surface area contributed by atoms with Crippen LogP contribution in [0, 0.1) is 0 Å². The predicted molar refractivity (Wildman–Crippen MR) is 118 cm³/mol. The standard InChI is InChI=1S/C24H29N3O3/c1-2-18-8-10-19(11-9-18)22(28)12-13-23(29)27-16-14-21(15-17-27)26-24(30)25-20-6-4-3-5-7-20/h3-11,21H,2,12-17H2,1H3,(H2,25,26,30). The summed E-state index contributed by atoms with van der Waals surface area (Å²) < 4.78 is 0. The van der Waals surface area contributed by atoms with E-state index in [1.165, 1.54) is 5.56 Å². The van der Waals surface area contributed by atoms with E-state index in [2.05, 4.69) is 17.6 Å². The van der Waals surface area contributed by atoms with Crippen LogP contribution in [0.3, 0.4) is 0 Å². The third-order valence-electron chi connectivity index (χ3n) is 5.46. The number of carbonyl (C=O) groups excluding carboxylic acids is 3. The SMILES string of the molecule is CCc1ccc(C(=O)CCC(=O)N2CCC(NC(=O)Nc3ccccc3)CC2)cc1. The van der Waals surface area contributed by atoms with Crippen molar-refractivity contribution in [3.63, 3.8) is 0 Å². The first kappa shape index (κ1) is 21.6. The molecule has 0 atom stereocenters. The van der Waals surface area contributed by atoms with Gasteiger partial charge in [0.15, 0.2) is 5.78 Å². The number of anilines is 1. The van der Waals surface area contributed by atoms with E-state index in [-0.39, 0.29) is 36.6 Å². The van der Waals surface area contributed by atoms with Gasteiger partial charge < -0.3 is 15.5 Å². The monoisotopic (exact) mass is 407 g/mol. The minimum atomic E-state index is -0.231. The molecule has 0 saturated carbocycles. The van der Waals surface area contributed by atoms with Crippen LogP contribution in [0.5, 0.6) is 0 Å². The van der Waals surface area contributed by atoms with Crippen molar-refractivity contribution in [1.82, 2.24) is 10.2 Å². The Morgan fingerprint density at radius 2 is 1.60 bits per heavy atom. The Bertz CT molecular complexity index is 857. The van der Waals surface area contributed by atoms with E-state index in [0.717, 1.165) is 12.1 Å². The first-order chi connectivity index (χ1) is 14.5. The molecule has 6 heteroatoms. The van der Waals surface area contributed by atoms with Crippen molar-refractivity contribution in [2.75, 3.05) is 18.4 Å². The topological polar surface area (TPSA) is 78.5 Å². The van der Waals surface area contributed by atoms with Gasteiger partial charge in [-0.3, -0.25) is 9.59 Å². The Balaban J connectivity index is 1.38. The molecule has 2 aromatic rings. The molecule has 0 radical (unpaired) electrons. The molecular weight excluding hydrogens is 378 g/mol. The lowest BCUT2D eigenvalue weighted by atomic mass is 10.0. The van der Waals surface area contributed by atoms with Gasteiger partial charge in [0, 0.05) is 43.2 Å². The number of carbonyl (C=O) groups is 3. The second kappa shape index (κ2) is 10.6. The summed E-state index contributed by atoms with van der Waals surface area (Å²) in [6.45, 7) is 3.26. The van der Waals surface area contributed by atoms with E-state index < -0.39 is 0 Å². The van der Waals surface area contributed by atoms with Gasteiger partial charge in [-0.2, -0.15) is 0 Å². The molecule has 1 saturated heterocycles. The number of aryl methyl sites for hydroxylation is 1. The second-order valence-corrected chi connectivity index (χ2v) is 7.59. The Morgan fingerprint density at radius 1 is 0.933 bits per heavy atom. The molecule has 1 fully saturated rings. The highest BCUT2D eigenvalue weighted by Crippen LogP contribution is 2.14. The highest BCUT2D eigenvalue weighted by molar-refractivity contribution is 5.98. The molecule has 30 heavy (non-hydrogen) atoms. The van der Waals surface area contributed by atoms with E-state index >= 15 is 0 Å². The first-order valence-electron chi connectivity index (χ1n) is 10.6. The van der Waals surface area contributed by atoms with Gasteiger partial charge in [-0.25, -0.2) is 4.79 Å². The van der Waals surface area contributed by atoms with Gasteiger partial charge in [0.2, 0.25) is 5.91 Å². The molecule has 0 aromatic heterocycles. The number of rotatable bonds is 7. The molecule has 2 aromatic carbocycles. The van der Waals surface area contributed by atoms with Crippen molar-refractivity contribution in [2.45, 2.75) is 45.1 Å². The maximum absolute atomic E-state index is 12.5. The molecule has 0 spiro atoms. The number of benzene rings is 2. The van der Waals surface area contributed by atoms with Crippen LogP contribution in [0.2, 0.25) is 0 Å². The third-order valence-corrected chi connectivity index (χ3v) is 5.46. The van der Waals surface area contributed by atoms with Gasteiger partial charge in [0.25, 0.3) is 0 Å². The van der Waals surface area contributed by atoms with Gasteiger partial charge in [-0.1, -0.05) is 49.4 Å². The number of amides is 3. The van der Waals surface area contributed by atoms with E-state index in [4.69, 9.17) is 0 Å². The molecule has 6 nitrogen and oxygen atoms in total. The number of Topliss-reactive ketones (excluding diaryl/α,β-unsaturated/α-hetero) is 1. The van der Waals surface area contributed by atoms with Crippen LogP contribution in [-0.4, -0.2) is 41.8 Å². The largest absolute Gasteiger partial charge is 0.343 e. The van der Waals surface area contributed by atoms with Gasteiger partial charge in [-0.05, 0) is 37.0 Å². The van der Waals surface area contributed by atoms with Crippen molar-refractivity contribution in [2.24, 2.45) is 0 Å². The molecule has 3 rings (SSSR count). The fraction of sp³-hybridized carbons (Fsp3) is 0.375. The summed E-state index contributed by atoms with van der Waals surface area (Å²) in [7, 11) is 0. The van der Waals surface area contributed by atoms with Crippen LogP contribution in [-0.2, 0) is 11.2 Å². The Kier molecular flexibility index (Phi) is 7.60. The number of nitrogens with one attached hydrogen (secondary N) is 2. The summed E-state index contributed by atoms with van der Waals surface area (Å²) in [6, 6.07) is 16.7. The summed E-state index contributed by atoms with van der Waals surface area (Å²) in [5, 5.41) is 5.78. The maximum Gasteiger partial charge on any atom is 0.319 e. The zero-order valence-electron chi connectivity index (χ0n) is 17.4. The molecule has 0 aliphatic carbocycles. The number of likely N-dealkylation sites (tertiary alicyclic amines) is 1. The molecule has 1 heterocycles. The molecule has 2 N–H and O–H groups in total. The van der Waals surface area contributed by atoms with Crippen LogP contribution in [0.4, 0.5) is 10.5 Å². The van der Waals surface area contributed by atoms with Crippen molar-refractivity contribution in [3.8, 4) is 0 Å². The minimum Gasteiger partial charge on any atom is -0.343 e. The summed E-state index contributed by atoms with van der Waals surface area (Å²) >= 11 is 0. The van der Waals surface area contributed by atoms with Gasteiger partial charge in [-0.15, -0.1) is 0 Å². The van der Waals surface area contributed by atoms with E-state index in [1.807, 2.05) is 54.6 Å². The average molecular weight is 408 g/mol. The number of para-hydroxylation sites is 1. The quantitative estimate of drug-likeness (QED) is 0.681. The lowest BCUT2D eigenvalue weighted by Crippen LogP contribution is -2.47. The molecule has 3 amide bonds. The zero-order chi connectivity index (χ0) is 21.3. The molecule has 0 bridgehead atoms. The highest BCUT2D eigenvalue weighted by atomic mass is 16.2. The predicted octanol–water partition coefficient (Wildman–Crippen LogP) is 4.02. The Labute approximate surface area is 177 Å². The van der Waals surface area contributed by atoms with Gasteiger partial charge in [0.1, 0.15) is 0 Å². The summed E-state index contributed by atoms with van der Waals surface area (Å²) in [5.41, 5.74) is 2.60. The lowest BCUT2D eigenvalue weighted by molar-refractivity contribution is -0.132. The van der Waals surface area contributed by atoms with Crippen LogP contribution >= 0.6 is 0 Å². The lowest BCUT2D eigenvalue weighted by Gasteiger charge is -2.32. The summed E-state index contributed by atoms with van der Waals surface area (Å²) in [6.07, 6.45) is 2.80. The Hall–Kier alpha value is -3.15. The van der Waals surface area contributed by atoms with Crippen molar-refractivity contribution in [1.29, 1.82) is 0 Å². The minimum absolute atomic E-state index is 0.000128. The number of urea groups is 1. The number of hydrogen-bond donors (Lipinski definition) is 2. The fourth-order valence-corrected chi connectivity index (χ4v) is 3.60. The van der Waals surface area contributed by atoms with Crippen LogP contribution in [0.1, 0.15) is 48.5 Å². The summed E-state index contributed by atoms with van der Waals surface area (Å²) in [5.74, 6) is 0.000791. The number of hydrogen-bond acceptors (Lipinski definition) is 3. The molecule has 1 aliphatic heterocycles. The van der Waals surface area contributed by atoms with Gasteiger partial charge in [0.05, 0.1) is 0 Å². The summed E-state index contributed by atoms with van der Waals surface area (Å²) in [4.78, 5) is 38.7. The first-order valence-corrected chi connectivity index (χ1v) is 10.6. The molecular formula is C24H29N3O3. The van der Waals surface area contributed by atoms with E-state index in [0.29, 0.717) is 31.5 Å². The molecule has 0 unspecified atom stereocenters. The van der Waals surface area contributed by atoms with Crippen LogP contribution in [0.25, 0.3) is 0 Å². The van der Waals surface area contributed by atoms with Crippen LogP contribution < -0.4 is 10.6 Å². The van der Waals surface area contributed by atoms with Crippen molar-refractivity contribution in [3.05, 3.63) is 65.7 Å². The molecule has 1 aliphatic rings. The number of nitrogens with zero attached hydrogens (tertiary/aromatic N) is 1. The highest BCUT2D eigenvalue weighted by Gasteiger charge is 2.24. The van der Waals surface area contributed by atoms with Crippen molar-refractivity contribution >= 4 is 23.4 Å². The maximum atomic E-state index is 12.5. The number of ketones is 1. The average Bonchev–Trinajstić information content (AvgIpc) is 2.78. The number of piperidine rings is 1. The zero-order valence-corrected chi connectivity index (χ0v) is 17.4. The molecule has 158 valence electrons. The third kappa shape index (κ3) is 6.17. The van der Waals surface area contributed by atoms with E-state index in [1.54, 1.807) is 4.90 Å². The normalized spacial score (nSPS) is 14.2.